The van der Waals surface area contributed by atoms with E-state index in [0.29, 0.717) is 23.1 Å². The van der Waals surface area contributed by atoms with Crippen LogP contribution in [0.1, 0.15) is 16.2 Å². The van der Waals surface area contributed by atoms with Gasteiger partial charge in [-0.2, -0.15) is 0 Å². The smallest absolute Gasteiger partial charge is 0.258 e. The van der Waals surface area contributed by atoms with Crippen LogP contribution in [0.4, 0.5) is 10.1 Å². The highest BCUT2D eigenvalue weighted by molar-refractivity contribution is 6.31. The van der Waals surface area contributed by atoms with Gasteiger partial charge in [0.1, 0.15) is 24.0 Å². The molecule has 0 spiro atoms. The Morgan fingerprint density at radius 3 is 2.72 bits per heavy atom. The summed E-state index contributed by atoms with van der Waals surface area (Å²) in [7, 11) is 1.89. The summed E-state index contributed by atoms with van der Waals surface area (Å²) in [6.07, 6.45) is 3.54. The molecule has 0 aliphatic rings. The van der Waals surface area contributed by atoms with Gasteiger partial charge in [0.05, 0.1) is 5.56 Å². The number of ether oxygens (including phenoxy) is 1. The van der Waals surface area contributed by atoms with E-state index in [1.54, 1.807) is 30.5 Å². The lowest BCUT2D eigenvalue weighted by molar-refractivity contribution is 0.102. The van der Waals surface area contributed by atoms with Crippen LogP contribution in [0, 0.1) is 5.82 Å². The van der Waals surface area contributed by atoms with E-state index in [2.05, 4.69) is 10.3 Å². The van der Waals surface area contributed by atoms with E-state index in [1.165, 1.54) is 12.1 Å². The van der Waals surface area contributed by atoms with Gasteiger partial charge in [-0.05, 0) is 42.5 Å². The van der Waals surface area contributed by atoms with E-state index in [1.807, 2.05) is 17.8 Å². The first-order chi connectivity index (χ1) is 12.0. The number of rotatable bonds is 5. The highest BCUT2D eigenvalue weighted by Gasteiger charge is 2.12. The first kappa shape index (κ1) is 17.0. The second kappa shape index (κ2) is 7.36. The number of amides is 1. The number of anilines is 1. The van der Waals surface area contributed by atoms with Gasteiger partial charge in [-0.15, -0.1) is 0 Å². The third-order valence-electron chi connectivity index (χ3n) is 3.57. The lowest BCUT2D eigenvalue weighted by Gasteiger charge is -2.09. The summed E-state index contributed by atoms with van der Waals surface area (Å²) in [6.45, 7) is 0.336. The molecule has 0 atom stereocenters. The number of halogens is 2. The molecular weight excluding hydrogens is 345 g/mol. The molecule has 7 heteroatoms. The molecule has 0 bridgehead atoms. The Balaban J connectivity index is 1.63. The van der Waals surface area contributed by atoms with Gasteiger partial charge < -0.3 is 14.6 Å². The van der Waals surface area contributed by atoms with Crippen LogP contribution in [0.5, 0.6) is 5.75 Å². The van der Waals surface area contributed by atoms with Crippen LogP contribution in [0.3, 0.4) is 0 Å². The third-order valence-corrected chi connectivity index (χ3v) is 3.81. The summed E-state index contributed by atoms with van der Waals surface area (Å²) in [6, 6.07) is 10.6. The van der Waals surface area contributed by atoms with E-state index in [0.717, 1.165) is 11.9 Å². The molecule has 1 amide bonds. The molecular formula is C18H15ClFN3O2. The molecule has 0 saturated heterocycles. The third kappa shape index (κ3) is 4.16. The van der Waals surface area contributed by atoms with Crippen molar-refractivity contribution in [2.24, 2.45) is 7.05 Å². The molecule has 0 radical (unpaired) electrons. The van der Waals surface area contributed by atoms with Gasteiger partial charge in [-0.3, -0.25) is 4.79 Å². The molecule has 0 saturated carbocycles. The minimum atomic E-state index is -0.628. The summed E-state index contributed by atoms with van der Waals surface area (Å²) in [5.41, 5.74) is 0.413. The molecule has 1 N–H and O–H groups in total. The summed E-state index contributed by atoms with van der Waals surface area (Å²) in [5.74, 6) is 0.238. The summed E-state index contributed by atoms with van der Waals surface area (Å²) in [4.78, 5) is 16.3. The van der Waals surface area contributed by atoms with Crippen LogP contribution in [-0.2, 0) is 13.7 Å². The maximum atomic E-state index is 13.7. The standard InChI is InChI=1S/C18H15ClFN3O2/c1-23-9-8-21-17(23)11-25-14-5-3-13(4-6-14)22-18(24)15-10-12(19)2-7-16(15)20/h2-10H,11H2,1H3,(H,22,24). The van der Waals surface area contributed by atoms with E-state index >= 15 is 0 Å². The van der Waals surface area contributed by atoms with Crippen molar-refractivity contribution >= 4 is 23.2 Å². The number of carbonyl (C=O) groups is 1. The molecule has 1 heterocycles. The number of aryl methyl sites for hydroxylation is 1. The molecule has 3 rings (SSSR count). The summed E-state index contributed by atoms with van der Waals surface area (Å²) in [5, 5.41) is 2.92. The monoisotopic (exact) mass is 359 g/mol. The van der Waals surface area contributed by atoms with Crippen molar-refractivity contribution in [1.29, 1.82) is 0 Å². The summed E-state index contributed by atoms with van der Waals surface area (Å²) >= 11 is 5.80. The first-order valence-corrected chi connectivity index (χ1v) is 7.86. The maximum Gasteiger partial charge on any atom is 0.258 e. The van der Waals surface area contributed by atoms with Gasteiger partial charge in [0.15, 0.2) is 0 Å². The number of carbonyl (C=O) groups excluding carboxylic acids is 1. The van der Waals surface area contributed by atoms with Gasteiger partial charge in [-0.1, -0.05) is 11.6 Å². The van der Waals surface area contributed by atoms with Crippen LogP contribution < -0.4 is 10.1 Å². The van der Waals surface area contributed by atoms with Crippen molar-refractivity contribution in [1.82, 2.24) is 9.55 Å². The van der Waals surface area contributed by atoms with Gasteiger partial charge in [0.2, 0.25) is 0 Å². The molecule has 5 nitrogen and oxygen atoms in total. The Morgan fingerprint density at radius 2 is 2.04 bits per heavy atom. The second-order valence-corrected chi connectivity index (χ2v) is 5.78. The minimum absolute atomic E-state index is 0.109. The van der Waals surface area contributed by atoms with Crippen LogP contribution in [-0.4, -0.2) is 15.5 Å². The number of aromatic nitrogens is 2. The maximum absolute atomic E-state index is 13.7. The van der Waals surface area contributed by atoms with Crippen LogP contribution >= 0.6 is 11.6 Å². The highest BCUT2D eigenvalue weighted by atomic mass is 35.5. The number of hydrogen-bond donors (Lipinski definition) is 1. The van der Waals surface area contributed by atoms with E-state index in [9.17, 15) is 9.18 Å². The quantitative estimate of drug-likeness (QED) is 0.747. The largest absolute Gasteiger partial charge is 0.486 e. The zero-order valence-electron chi connectivity index (χ0n) is 13.4. The van der Waals surface area contributed by atoms with Crippen molar-refractivity contribution in [2.45, 2.75) is 6.61 Å². The average Bonchev–Trinajstić information content (AvgIpc) is 3.01. The van der Waals surface area contributed by atoms with E-state index < -0.39 is 11.7 Å². The van der Waals surface area contributed by atoms with Gasteiger partial charge in [0, 0.05) is 30.2 Å². The van der Waals surface area contributed by atoms with Crippen LogP contribution in [0.15, 0.2) is 54.9 Å². The van der Waals surface area contributed by atoms with E-state index in [4.69, 9.17) is 16.3 Å². The minimum Gasteiger partial charge on any atom is -0.486 e. The highest BCUT2D eigenvalue weighted by Crippen LogP contribution is 2.19. The molecule has 3 aromatic rings. The number of nitrogens with one attached hydrogen (secondary N) is 1. The topological polar surface area (TPSA) is 56.1 Å². The van der Waals surface area contributed by atoms with Crippen molar-refractivity contribution in [2.75, 3.05) is 5.32 Å². The van der Waals surface area contributed by atoms with Crippen molar-refractivity contribution in [3.05, 3.63) is 77.1 Å². The fourth-order valence-corrected chi connectivity index (χ4v) is 2.36. The predicted molar refractivity (Wildman–Crippen MR) is 93.3 cm³/mol. The molecule has 0 aliphatic carbocycles. The Kier molecular flexibility index (Phi) is 5.00. The number of benzene rings is 2. The Morgan fingerprint density at radius 1 is 1.28 bits per heavy atom. The summed E-state index contributed by atoms with van der Waals surface area (Å²) < 4.78 is 21.2. The zero-order valence-corrected chi connectivity index (χ0v) is 14.1. The van der Waals surface area contributed by atoms with Gasteiger partial charge in [0.25, 0.3) is 5.91 Å². The van der Waals surface area contributed by atoms with Crippen molar-refractivity contribution in [3.63, 3.8) is 0 Å². The number of hydrogen-bond acceptors (Lipinski definition) is 3. The van der Waals surface area contributed by atoms with Gasteiger partial charge in [-0.25, -0.2) is 9.37 Å². The van der Waals surface area contributed by atoms with Crippen LogP contribution in [0.2, 0.25) is 5.02 Å². The normalized spacial score (nSPS) is 10.5. The average molecular weight is 360 g/mol. The molecule has 128 valence electrons. The van der Waals surface area contributed by atoms with E-state index in [-0.39, 0.29) is 5.56 Å². The molecule has 2 aromatic carbocycles. The fraction of sp³-hybridized carbons (Fsp3) is 0.111. The van der Waals surface area contributed by atoms with Crippen molar-refractivity contribution in [3.8, 4) is 5.75 Å². The number of imidazole rings is 1. The molecule has 0 fully saturated rings. The van der Waals surface area contributed by atoms with Gasteiger partial charge >= 0.3 is 0 Å². The lowest BCUT2D eigenvalue weighted by atomic mass is 10.2. The van der Waals surface area contributed by atoms with Crippen molar-refractivity contribution < 1.29 is 13.9 Å². The molecule has 0 aliphatic heterocycles. The molecule has 1 aromatic heterocycles. The Hall–Kier alpha value is -2.86. The number of nitrogens with zero attached hydrogens (tertiary/aromatic N) is 2. The van der Waals surface area contributed by atoms with Crippen LogP contribution in [0.25, 0.3) is 0 Å². The predicted octanol–water partition coefficient (Wildman–Crippen LogP) is 4.04. The zero-order chi connectivity index (χ0) is 17.8. The molecule has 25 heavy (non-hydrogen) atoms. The second-order valence-electron chi connectivity index (χ2n) is 5.35. The lowest BCUT2D eigenvalue weighted by Crippen LogP contribution is -2.13. The Bertz CT molecular complexity index is 894. The first-order valence-electron chi connectivity index (χ1n) is 7.48. The SMILES string of the molecule is Cn1ccnc1COc1ccc(NC(=O)c2cc(Cl)ccc2F)cc1. The molecule has 0 unspecified atom stereocenters. The Labute approximate surface area is 149 Å². The fourth-order valence-electron chi connectivity index (χ4n) is 2.19.